The standard InChI is InChI=1S/C13H20BrN/c1-3-4-12-5-7-13(8-6-12)9-10-15(2)11-14/h5-8H,3-4,9-11H2,1-2H3. The Hall–Kier alpha value is -0.340. The molecule has 0 saturated heterocycles. The van der Waals surface area contributed by atoms with Crippen molar-refractivity contribution >= 4 is 15.9 Å². The fourth-order valence-corrected chi connectivity index (χ4v) is 1.79. The van der Waals surface area contributed by atoms with E-state index < -0.39 is 0 Å². The van der Waals surface area contributed by atoms with Crippen LogP contribution in [0, 0.1) is 0 Å². The van der Waals surface area contributed by atoms with E-state index in [0.717, 1.165) is 18.4 Å². The lowest BCUT2D eigenvalue weighted by Crippen LogP contribution is -2.18. The Morgan fingerprint density at radius 2 is 1.60 bits per heavy atom. The lowest BCUT2D eigenvalue weighted by atomic mass is 10.1. The van der Waals surface area contributed by atoms with Crippen molar-refractivity contribution < 1.29 is 0 Å². The minimum Gasteiger partial charge on any atom is -0.296 e. The van der Waals surface area contributed by atoms with Crippen LogP contribution in [-0.4, -0.2) is 23.9 Å². The number of likely N-dealkylation sites (N-methyl/N-ethyl adjacent to an activating group) is 1. The fourth-order valence-electron chi connectivity index (χ4n) is 1.54. The number of halogens is 1. The zero-order valence-corrected chi connectivity index (χ0v) is 11.3. The maximum atomic E-state index is 3.45. The second kappa shape index (κ2) is 7.02. The van der Waals surface area contributed by atoms with Gasteiger partial charge in [-0.15, -0.1) is 0 Å². The lowest BCUT2D eigenvalue weighted by molar-refractivity contribution is 0.401. The molecule has 0 amide bonds. The third-order valence-electron chi connectivity index (χ3n) is 2.55. The molecular formula is C13H20BrN. The number of hydrogen-bond acceptors (Lipinski definition) is 1. The van der Waals surface area contributed by atoms with E-state index in [1.165, 1.54) is 24.0 Å². The molecule has 0 aliphatic heterocycles. The predicted molar refractivity (Wildman–Crippen MR) is 70.6 cm³/mol. The smallest absolute Gasteiger partial charge is 0.0539 e. The van der Waals surface area contributed by atoms with Crippen molar-refractivity contribution in [2.24, 2.45) is 0 Å². The highest BCUT2D eigenvalue weighted by Crippen LogP contribution is 2.07. The summed E-state index contributed by atoms with van der Waals surface area (Å²) in [5, 5.41) is 0. The summed E-state index contributed by atoms with van der Waals surface area (Å²) in [5.41, 5.74) is 3.83. The van der Waals surface area contributed by atoms with E-state index in [2.05, 4.69) is 59.1 Å². The number of rotatable bonds is 6. The molecule has 1 aromatic rings. The average Bonchev–Trinajstić information content (AvgIpc) is 2.28. The fraction of sp³-hybridized carbons (Fsp3) is 0.538. The Bertz CT molecular complexity index is 268. The average molecular weight is 270 g/mol. The van der Waals surface area contributed by atoms with Crippen LogP contribution < -0.4 is 0 Å². The lowest BCUT2D eigenvalue weighted by Gasteiger charge is -2.12. The molecule has 84 valence electrons. The predicted octanol–water partition coefficient (Wildman–Crippen LogP) is 3.47. The summed E-state index contributed by atoms with van der Waals surface area (Å²) in [7, 11) is 2.13. The number of nitrogens with zero attached hydrogens (tertiary/aromatic N) is 1. The summed E-state index contributed by atoms with van der Waals surface area (Å²) in [6, 6.07) is 9.03. The molecule has 0 unspecified atom stereocenters. The highest BCUT2D eigenvalue weighted by atomic mass is 79.9. The van der Waals surface area contributed by atoms with E-state index in [0.29, 0.717) is 0 Å². The van der Waals surface area contributed by atoms with Gasteiger partial charge in [0.05, 0.1) is 5.45 Å². The van der Waals surface area contributed by atoms with Gasteiger partial charge in [-0.25, -0.2) is 0 Å². The molecule has 0 radical (unpaired) electrons. The molecule has 0 fully saturated rings. The van der Waals surface area contributed by atoms with Crippen molar-refractivity contribution in [3.05, 3.63) is 35.4 Å². The van der Waals surface area contributed by atoms with Gasteiger partial charge < -0.3 is 0 Å². The van der Waals surface area contributed by atoms with Gasteiger partial charge in [-0.05, 0) is 31.0 Å². The van der Waals surface area contributed by atoms with Gasteiger partial charge >= 0.3 is 0 Å². The first-order valence-corrected chi connectivity index (χ1v) is 6.70. The number of alkyl halides is 1. The molecule has 0 aromatic heterocycles. The molecule has 0 aliphatic rings. The number of hydrogen-bond donors (Lipinski definition) is 0. The minimum atomic E-state index is 0.945. The van der Waals surface area contributed by atoms with Gasteiger partial charge in [0.25, 0.3) is 0 Å². The molecule has 0 atom stereocenters. The first kappa shape index (κ1) is 12.7. The highest BCUT2D eigenvalue weighted by Gasteiger charge is 1.97. The summed E-state index contributed by atoms with van der Waals surface area (Å²) in [6.45, 7) is 3.33. The Morgan fingerprint density at radius 3 is 2.07 bits per heavy atom. The Morgan fingerprint density at radius 1 is 1.07 bits per heavy atom. The van der Waals surface area contributed by atoms with Gasteiger partial charge in [0, 0.05) is 6.54 Å². The summed E-state index contributed by atoms with van der Waals surface area (Å²) in [6.07, 6.45) is 3.56. The Kier molecular flexibility index (Phi) is 5.96. The molecule has 15 heavy (non-hydrogen) atoms. The van der Waals surface area contributed by atoms with Gasteiger partial charge in [-0.3, -0.25) is 4.90 Å². The van der Waals surface area contributed by atoms with Crippen LogP contribution in [0.2, 0.25) is 0 Å². The van der Waals surface area contributed by atoms with Crippen LogP contribution >= 0.6 is 15.9 Å². The van der Waals surface area contributed by atoms with E-state index >= 15 is 0 Å². The van der Waals surface area contributed by atoms with Crippen molar-refractivity contribution in [3.63, 3.8) is 0 Å². The van der Waals surface area contributed by atoms with Crippen molar-refractivity contribution in [1.82, 2.24) is 4.90 Å². The van der Waals surface area contributed by atoms with Gasteiger partial charge in [0.1, 0.15) is 0 Å². The first-order chi connectivity index (χ1) is 7.26. The van der Waals surface area contributed by atoms with Crippen LogP contribution in [0.1, 0.15) is 24.5 Å². The summed E-state index contributed by atoms with van der Waals surface area (Å²) in [5.74, 6) is 0. The summed E-state index contributed by atoms with van der Waals surface area (Å²) < 4.78 is 0. The topological polar surface area (TPSA) is 3.24 Å². The molecule has 0 bridgehead atoms. The number of aryl methyl sites for hydroxylation is 1. The van der Waals surface area contributed by atoms with Crippen molar-refractivity contribution in [1.29, 1.82) is 0 Å². The second-order valence-corrected chi connectivity index (χ2v) is 4.52. The van der Waals surface area contributed by atoms with E-state index in [4.69, 9.17) is 0 Å². The molecule has 0 aliphatic carbocycles. The third-order valence-corrected chi connectivity index (χ3v) is 3.40. The molecule has 0 spiro atoms. The minimum absolute atomic E-state index is 0.945. The quantitative estimate of drug-likeness (QED) is 0.565. The van der Waals surface area contributed by atoms with E-state index in [9.17, 15) is 0 Å². The second-order valence-electron chi connectivity index (χ2n) is 4.02. The van der Waals surface area contributed by atoms with E-state index in [1.54, 1.807) is 0 Å². The van der Waals surface area contributed by atoms with Crippen LogP contribution in [-0.2, 0) is 12.8 Å². The Labute approximate surface area is 102 Å². The van der Waals surface area contributed by atoms with E-state index in [-0.39, 0.29) is 0 Å². The molecule has 2 heteroatoms. The summed E-state index contributed by atoms with van der Waals surface area (Å²) in [4.78, 5) is 2.26. The zero-order chi connectivity index (χ0) is 11.1. The maximum absolute atomic E-state index is 3.45. The first-order valence-electron chi connectivity index (χ1n) is 5.58. The molecule has 0 N–H and O–H groups in total. The largest absolute Gasteiger partial charge is 0.296 e. The van der Waals surface area contributed by atoms with Crippen LogP contribution in [0.25, 0.3) is 0 Å². The zero-order valence-electron chi connectivity index (χ0n) is 9.67. The van der Waals surface area contributed by atoms with Gasteiger partial charge in [-0.2, -0.15) is 0 Å². The molecule has 0 heterocycles. The van der Waals surface area contributed by atoms with Crippen LogP contribution in [0.4, 0.5) is 0 Å². The highest BCUT2D eigenvalue weighted by molar-refractivity contribution is 9.09. The third kappa shape index (κ3) is 4.80. The molecule has 1 aromatic carbocycles. The van der Waals surface area contributed by atoms with Crippen molar-refractivity contribution in [2.75, 3.05) is 19.0 Å². The SMILES string of the molecule is CCCc1ccc(CCN(C)CBr)cc1. The molecule has 1 nitrogen and oxygen atoms in total. The monoisotopic (exact) mass is 269 g/mol. The van der Waals surface area contributed by atoms with Crippen LogP contribution in [0.3, 0.4) is 0 Å². The molecule has 0 saturated carbocycles. The van der Waals surface area contributed by atoms with Gasteiger partial charge in [0.15, 0.2) is 0 Å². The Balaban J connectivity index is 2.42. The van der Waals surface area contributed by atoms with Crippen molar-refractivity contribution in [3.8, 4) is 0 Å². The number of benzene rings is 1. The van der Waals surface area contributed by atoms with Gasteiger partial charge in [-0.1, -0.05) is 53.5 Å². The summed E-state index contributed by atoms with van der Waals surface area (Å²) >= 11 is 3.45. The van der Waals surface area contributed by atoms with E-state index in [1.807, 2.05) is 0 Å². The molecule has 1 rings (SSSR count). The molecular weight excluding hydrogens is 250 g/mol. The van der Waals surface area contributed by atoms with Gasteiger partial charge in [0.2, 0.25) is 0 Å². The van der Waals surface area contributed by atoms with Crippen molar-refractivity contribution in [2.45, 2.75) is 26.2 Å². The van der Waals surface area contributed by atoms with Crippen LogP contribution in [0.5, 0.6) is 0 Å². The normalized spacial score (nSPS) is 10.9. The maximum Gasteiger partial charge on any atom is 0.0539 e. The van der Waals surface area contributed by atoms with Crippen LogP contribution in [0.15, 0.2) is 24.3 Å².